The second-order valence-corrected chi connectivity index (χ2v) is 4.06. The van der Waals surface area contributed by atoms with Gasteiger partial charge in [0.15, 0.2) is 5.15 Å². The molecule has 3 heteroatoms. The molecule has 0 spiro atoms. The molecule has 1 aromatic heterocycles. The summed E-state index contributed by atoms with van der Waals surface area (Å²) < 4.78 is 0. The van der Waals surface area contributed by atoms with E-state index in [1.807, 2.05) is 56.3 Å². The molecule has 2 nitrogen and oxygen atoms in total. The molecule has 17 heavy (non-hydrogen) atoms. The molecule has 0 N–H and O–H groups in total. The van der Waals surface area contributed by atoms with Crippen molar-refractivity contribution in [3.05, 3.63) is 52.9 Å². The van der Waals surface area contributed by atoms with Crippen molar-refractivity contribution in [3.63, 3.8) is 0 Å². The van der Waals surface area contributed by atoms with Crippen LogP contribution in [-0.2, 0) is 0 Å². The topological polar surface area (TPSA) is 25.8 Å². The normalized spacial score (nSPS) is 11.0. The Hall–Kier alpha value is -1.67. The Morgan fingerprint density at radius 3 is 2.47 bits per heavy atom. The van der Waals surface area contributed by atoms with Crippen LogP contribution in [0.15, 0.2) is 36.4 Å². The lowest BCUT2D eigenvalue weighted by Crippen LogP contribution is -1.96. The second-order valence-electron chi connectivity index (χ2n) is 3.70. The first-order chi connectivity index (χ1) is 8.22. The Kier molecular flexibility index (Phi) is 3.55. The van der Waals surface area contributed by atoms with Gasteiger partial charge in [-0.3, -0.25) is 0 Å². The van der Waals surface area contributed by atoms with Gasteiger partial charge in [-0.05, 0) is 19.9 Å². The van der Waals surface area contributed by atoms with Crippen LogP contribution in [0.2, 0.25) is 5.15 Å². The van der Waals surface area contributed by atoms with Crippen LogP contribution < -0.4 is 0 Å². The largest absolute Gasteiger partial charge is 0.243 e. The monoisotopic (exact) mass is 244 g/mol. The Morgan fingerprint density at radius 2 is 1.82 bits per heavy atom. The van der Waals surface area contributed by atoms with Gasteiger partial charge in [0.1, 0.15) is 5.69 Å². The molecule has 0 aliphatic heterocycles. The van der Waals surface area contributed by atoms with Crippen molar-refractivity contribution in [1.82, 2.24) is 9.97 Å². The summed E-state index contributed by atoms with van der Waals surface area (Å²) in [7, 11) is 0. The first-order valence-corrected chi connectivity index (χ1v) is 5.82. The van der Waals surface area contributed by atoms with E-state index >= 15 is 0 Å². The van der Waals surface area contributed by atoms with E-state index in [9.17, 15) is 0 Å². The van der Waals surface area contributed by atoms with Crippen molar-refractivity contribution in [2.24, 2.45) is 0 Å². The smallest absolute Gasteiger partial charge is 0.155 e. The summed E-state index contributed by atoms with van der Waals surface area (Å²) in [5, 5.41) is 0.446. The predicted octanol–water partition coefficient (Wildman–Crippen LogP) is 4.14. The van der Waals surface area contributed by atoms with Gasteiger partial charge in [0.2, 0.25) is 0 Å². The molecule has 0 aliphatic rings. The fourth-order valence-electron chi connectivity index (χ4n) is 1.60. The van der Waals surface area contributed by atoms with E-state index in [2.05, 4.69) is 9.97 Å². The van der Waals surface area contributed by atoms with Crippen molar-refractivity contribution in [2.75, 3.05) is 0 Å². The van der Waals surface area contributed by atoms with E-state index < -0.39 is 0 Å². The van der Waals surface area contributed by atoms with Gasteiger partial charge in [0.25, 0.3) is 0 Å². The number of rotatable bonds is 2. The maximum Gasteiger partial charge on any atom is 0.155 e. The van der Waals surface area contributed by atoms with E-state index in [0.717, 1.165) is 22.6 Å². The van der Waals surface area contributed by atoms with Crippen molar-refractivity contribution in [1.29, 1.82) is 0 Å². The molecular formula is C14H13ClN2. The number of aryl methyl sites for hydroxylation is 1. The van der Waals surface area contributed by atoms with Gasteiger partial charge in [0, 0.05) is 5.56 Å². The first-order valence-electron chi connectivity index (χ1n) is 5.44. The van der Waals surface area contributed by atoms with Crippen molar-refractivity contribution < 1.29 is 0 Å². The van der Waals surface area contributed by atoms with Gasteiger partial charge in [-0.2, -0.15) is 0 Å². The van der Waals surface area contributed by atoms with Crippen LogP contribution in [0.4, 0.5) is 0 Å². The lowest BCUT2D eigenvalue weighted by atomic mass is 10.1. The number of hydrogen-bond acceptors (Lipinski definition) is 2. The maximum absolute atomic E-state index is 6.14. The van der Waals surface area contributed by atoms with Gasteiger partial charge in [0.05, 0.1) is 11.4 Å². The molecule has 0 fully saturated rings. The molecule has 1 heterocycles. The lowest BCUT2D eigenvalue weighted by Gasteiger charge is -2.06. The second kappa shape index (κ2) is 5.11. The summed E-state index contributed by atoms with van der Waals surface area (Å²) in [5.41, 5.74) is 3.41. The molecule has 1 aromatic carbocycles. The van der Waals surface area contributed by atoms with E-state index in [4.69, 9.17) is 11.6 Å². The van der Waals surface area contributed by atoms with Crippen LogP contribution in [0.3, 0.4) is 0 Å². The van der Waals surface area contributed by atoms with Crippen LogP contribution in [0.1, 0.15) is 18.3 Å². The lowest BCUT2D eigenvalue weighted by molar-refractivity contribution is 1.10. The van der Waals surface area contributed by atoms with E-state index in [1.165, 1.54) is 0 Å². The number of halogens is 1. The quantitative estimate of drug-likeness (QED) is 0.794. The number of nitrogens with zero attached hydrogens (tertiary/aromatic N) is 2. The number of allylic oxidation sites excluding steroid dienone is 1. The van der Waals surface area contributed by atoms with Crippen molar-refractivity contribution in [2.45, 2.75) is 13.8 Å². The Bertz CT molecular complexity index is 548. The van der Waals surface area contributed by atoms with Crippen LogP contribution in [0.5, 0.6) is 0 Å². The zero-order chi connectivity index (χ0) is 12.3. The number of aromatic nitrogens is 2. The third-order valence-corrected chi connectivity index (χ3v) is 2.70. The zero-order valence-corrected chi connectivity index (χ0v) is 10.6. The van der Waals surface area contributed by atoms with E-state index in [0.29, 0.717) is 5.15 Å². The van der Waals surface area contributed by atoms with Crippen LogP contribution in [-0.4, -0.2) is 9.97 Å². The summed E-state index contributed by atoms with van der Waals surface area (Å²) in [6.45, 7) is 3.86. The van der Waals surface area contributed by atoms with Gasteiger partial charge >= 0.3 is 0 Å². The standard InChI is InChI=1S/C14H13ClN2/c1-3-7-12-10(2)16-14(15)13(17-12)11-8-5-4-6-9-11/h3-9H,1-2H3/b7-3-. The first kappa shape index (κ1) is 11.8. The molecule has 2 rings (SSSR count). The summed E-state index contributed by atoms with van der Waals surface area (Å²) in [4.78, 5) is 8.87. The fraction of sp³-hybridized carbons (Fsp3) is 0.143. The average molecular weight is 245 g/mol. The highest BCUT2D eigenvalue weighted by Crippen LogP contribution is 2.25. The molecule has 0 unspecified atom stereocenters. The highest BCUT2D eigenvalue weighted by atomic mass is 35.5. The number of benzene rings is 1. The summed E-state index contributed by atoms with van der Waals surface area (Å²) in [6.07, 6.45) is 3.88. The highest BCUT2D eigenvalue weighted by molar-refractivity contribution is 6.31. The van der Waals surface area contributed by atoms with Gasteiger partial charge in [-0.15, -0.1) is 0 Å². The van der Waals surface area contributed by atoms with Crippen LogP contribution >= 0.6 is 11.6 Å². The predicted molar refractivity (Wildman–Crippen MR) is 71.9 cm³/mol. The summed E-state index contributed by atoms with van der Waals surface area (Å²) in [5.74, 6) is 0. The van der Waals surface area contributed by atoms with Gasteiger partial charge < -0.3 is 0 Å². The SMILES string of the molecule is C/C=C\c1nc(-c2ccccc2)c(Cl)nc1C. The Morgan fingerprint density at radius 1 is 1.12 bits per heavy atom. The molecule has 0 aliphatic carbocycles. The van der Waals surface area contributed by atoms with Gasteiger partial charge in [-0.1, -0.05) is 48.0 Å². The highest BCUT2D eigenvalue weighted by Gasteiger charge is 2.09. The molecular weight excluding hydrogens is 232 g/mol. The minimum Gasteiger partial charge on any atom is -0.243 e. The Labute approximate surface area is 106 Å². The molecule has 2 aromatic rings. The van der Waals surface area contributed by atoms with Gasteiger partial charge in [-0.25, -0.2) is 9.97 Å². The van der Waals surface area contributed by atoms with E-state index in [1.54, 1.807) is 0 Å². The zero-order valence-electron chi connectivity index (χ0n) is 9.81. The minimum absolute atomic E-state index is 0.446. The molecule has 0 saturated carbocycles. The summed E-state index contributed by atoms with van der Waals surface area (Å²) >= 11 is 6.14. The van der Waals surface area contributed by atoms with Crippen LogP contribution in [0.25, 0.3) is 17.3 Å². The number of hydrogen-bond donors (Lipinski definition) is 0. The molecule has 86 valence electrons. The third kappa shape index (κ3) is 2.53. The minimum atomic E-state index is 0.446. The van der Waals surface area contributed by atoms with Crippen molar-refractivity contribution in [3.8, 4) is 11.3 Å². The molecule has 0 atom stereocenters. The van der Waals surface area contributed by atoms with Crippen molar-refractivity contribution >= 4 is 17.7 Å². The van der Waals surface area contributed by atoms with E-state index in [-0.39, 0.29) is 0 Å². The Balaban J connectivity index is 2.58. The molecule has 0 saturated heterocycles. The maximum atomic E-state index is 6.14. The average Bonchev–Trinajstić information content (AvgIpc) is 2.34. The molecule has 0 radical (unpaired) electrons. The summed E-state index contributed by atoms with van der Waals surface area (Å²) in [6, 6.07) is 9.84. The van der Waals surface area contributed by atoms with Crippen LogP contribution in [0, 0.1) is 6.92 Å². The fourth-order valence-corrected chi connectivity index (χ4v) is 1.88. The molecule has 0 amide bonds. The molecule has 0 bridgehead atoms. The third-order valence-electron chi connectivity index (χ3n) is 2.44.